The molecule has 1 aromatic heterocycles. The molecular weight excluding hydrogens is 356 g/mol. The maximum atomic E-state index is 12.9. The molecule has 5 heteroatoms. The normalized spacial score (nSPS) is 21.0. The third-order valence-electron chi connectivity index (χ3n) is 5.83. The molecule has 3 heterocycles. The number of carbonyl (C=O) groups excluding carboxylic acids is 1. The third-order valence-corrected chi connectivity index (χ3v) is 7.09. The van der Waals surface area contributed by atoms with E-state index >= 15 is 0 Å². The average Bonchev–Trinajstić information content (AvgIpc) is 3.27. The fourth-order valence-corrected chi connectivity index (χ4v) is 5.42. The minimum absolute atomic E-state index is 0.119. The zero-order chi connectivity index (χ0) is 19.0. The maximum absolute atomic E-state index is 12.9. The molecule has 2 aliphatic heterocycles. The third kappa shape index (κ3) is 3.82. The van der Waals surface area contributed by atoms with E-state index in [2.05, 4.69) is 31.2 Å². The highest BCUT2D eigenvalue weighted by Crippen LogP contribution is 2.36. The topological polar surface area (TPSA) is 55.6 Å². The van der Waals surface area contributed by atoms with Gasteiger partial charge in [0, 0.05) is 37.2 Å². The standard InChI is InChI=1S/C22H28N2O2S/c1-14-11-17(16-6-9-26-10-7-16)3-4-19(14)20-12-15(2)21(27-20)22(25)24-8-5-18(23)13-24/h3-4,11-12,16,18H,5-10,13,23H2,1-2H3/t18-/m0/s1. The molecule has 2 saturated heterocycles. The van der Waals surface area contributed by atoms with Gasteiger partial charge >= 0.3 is 0 Å². The lowest BCUT2D eigenvalue weighted by Gasteiger charge is -2.23. The Hall–Kier alpha value is -1.69. The van der Waals surface area contributed by atoms with Crippen LogP contribution in [0, 0.1) is 13.8 Å². The van der Waals surface area contributed by atoms with E-state index in [1.807, 2.05) is 11.8 Å². The number of ether oxygens (including phenoxy) is 1. The Balaban J connectivity index is 1.57. The Morgan fingerprint density at radius 2 is 1.93 bits per heavy atom. The van der Waals surface area contributed by atoms with Gasteiger partial charge in [0.15, 0.2) is 0 Å². The first-order valence-electron chi connectivity index (χ1n) is 9.87. The molecule has 0 unspecified atom stereocenters. The predicted molar refractivity (Wildman–Crippen MR) is 111 cm³/mol. The van der Waals surface area contributed by atoms with E-state index in [4.69, 9.17) is 10.5 Å². The second-order valence-corrected chi connectivity index (χ2v) is 8.94. The summed E-state index contributed by atoms with van der Waals surface area (Å²) in [5.74, 6) is 0.737. The monoisotopic (exact) mass is 384 g/mol. The van der Waals surface area contributed by atoms with Crippen LogP contribution in [-0.2, 0) is 4.74 Å². The van der Waals surface area contributed by atoms with Crippen molar-refractivity contribution in [3.8, 4) is 10.4 Å². The molecule has 1 atom stereocenters. The molecule has 0 bridgehead atoms. The van der Waals surface area contributed by atoms with Crippen molar-refractivity contribution in [1.29, 1.82) is 0 Å². The molecule has 4 rings (SSSR count). The Bertz CT molecular complexity index is 839. The van der Waals surface area contributed by atoms with Crippen molar-refractivity contribution in [2.75, 3.05) is 26.3 Å². The van der Waals surface area contributed by atoms with Crippen molar-refractivity contribution in [3.63, 3.8) is 0 Å². The van der Waals surface area contributed by atoms with Gasteiger partial charge in [0.2, 0.25) is 0 Å². The molecule has 144 valence electrons. The number of rotatable bonds is 3. The molecule has 2 aromatic rings. The number of amides is 1. The Morgan fingerprint density at radius 1 is 1.15 bits per heavy atom. The van der Waals surface area contributed by atoms with E-state index < -0.39 is 0 Å². The fourth-order valence-electron chi connectivity index (χ4n) is 4.19. The van der Waals surface area contributed by atoms with Crippen LogP contribution in [0.4, 0.5) is 0 Å². The highest BCUT2D eigenvalue weighted by molar-refractivity contribution is 7.17. The van der Waals surface area contributed by atoms with E-state index in [1.165, 1.54) is 21.6 Å². The van der Waals surface area contributed by atoms with Crippen molar-refractivity contribution in [1.82, 2.24) is 4.90 Å². The minimum atomic E-state index is 0.119. The summed E-state index contributed by atoms with van der Waals surface area (Å²) in [5.41, 5.74) is 11.0. The SMILES string of the molecule is Cc1cc(C2CCOCC2)ccc1-c1cc(C)c(C(=O)N2CC[C@H](N)C2)s1. The fraction of sp³-hybridized carbons (Fsp3) is 0.500. The van der Waals surface area contributed by atoms with Crippen LogP contribution in [0.15, 0.2) is 24.3 Å². The molecular formula is C22H28N2O2S. The zero-order valence-electron chi connectivity index (χ0n) is 16.2. The van der Waals surface area contributed by atoms with Crippen LogP contribution in [-0.4, -0.2) is 43.2 Å². The van der Waals surface area contributed by atoms with Crippen LogP contribution in [0.25, 0.3) is 10.4 Å². The van der Waals surface area contributed by atoms with Gasteiger partial charge in [0.1, 0.15) is 0 Å². The highest BCUT2D eigenvalue weighted by atomic mass is 32.1. The van der Waals surface area contributed by atoms with Gasteiger partial charge in [0.25, 0.3) is 5.91 Å². The van der Waals surface area contributed by atoms with Crippen LogP contribution < -0.4 is 5.73 Å². The Labute approximate surface area is 165 Å². The number of nitrogens with two attached hydrogens (primary N) is 1. The van der Waals surface area contributed by atoms with E-state index in [-0.39, 0.29) is 11.9 Å². The van der Waals surface area contributed by atoms with Gasteiger partial charge in [-0.3, -0.25) is 4.79 Å². The van der Waals surface area contributed by atoms with Gasteiger partial charge in [-0.2, -0.15) is 0 Å². The van der Waals surface area contributed by atoms with E-state index in [0.29, 0.717) is 12.5 Å². The molecule has 2 fully saturated rings. The molecule has 1 aromatic carbocycles. The van der Waals surface area contributed by atoms with Crippen molar-refractivity contribution in [3.05, 3.63) is 45.8 Å². The molecule has 2 aliphatic rings. The average molecular weight is 385 g/mol. The molecule has 0 aliphatic carbocycles. The van der Waals surface area contributed by atoms with E-state index in [9.17, 15) is 4.79 Å². The number of hydrogen-bond donors (Lipinski definition) is 1. The molecule has 0 spiro atoms. The largest absolute Gasteiger partial charge is 0.381 e. The van der Waals surface area contributed by atoms with Gasteiger partial charge < -0.3 is 15.4 Å². The van der Waals surface area contributed by atoms with E-state index in [0.717, 1.165) is 49.5 Å². The molecule has 1 amide bonds. The van der Waals surface area contributed by atoms with Crippen LogP contribution in [0.1, 0.15) is 51.5 Å². The van der Waals surface area contributed by atoms with E-state index in [1.54, 1.807) is 11.3 Å². The van der Waals surface area contributed by atoms with Crippen molar-refractivity contribution < 1.29 is 9.53 Å². The number of thiophene rings is 1. The van der Waals surface area contributed by atoms with Crippen LogP contribution in [0.2, 0.25) is 0 Å². The zero-order valence-corrected chi connectivity index (χ0v) is 17.0. The van der Waals surface area contributed by atoms with Crippen molar-refractivity contribution >= 4 is 17.2 Å². The molecule has 0 saturated carbocycles. The van der Waals surface area contributed by atoms with Gasteiger partial charge in [0.05, 0.1) is 4.88 Å². The quantitative estimate of drug-likeness (QED) is 0.867. The molecule has 2 N–H and O–H groups in total. The number of benzene rings is 1. The Morgan fingerprint density at radius 3 is 2.59 bits per heavy atom. The van der Waals surface area contributed by atoms with Crippen LogP contribution in [0.5, 0.6) is 0 Å². The number of carbonyl (C=O) groups is 1. The number of hydrogen-bond acceptors (Lipinski definition) is 4. The first-order valence-corrected chi connectivity index (χ1v) is 10.7. The summed E-state index contributed by atoms with van der Waals surface area (Å²) in [6.45, 7) is 7.38. The van der Waals surface area contributed by atoms with Gasteiger partial charge in [-0.25, -0.2) is 0 Å². The first-order chi connectivity index (χ1) is 13.0. The van der Waals surface area contributed by atoms with Crippen LogP contribution >= 0.6 is 11.3 Å². The summed E-state index contributed by atoms with van der Waals surface area (Å²) in [4.78, 5) is 16.8. The maximum Gasteiger partial charge on any atom is 0.264 e. The number of nitrogens with zero attached hydrogens (tertiary/aromatic N) is 1. The molecule has 0 radical (unpaired) electrons. The summed E-state index contributed by atoms with van der Waals surface area (Å²) in [6.07, 6.45) is 3.11. The lowest BCUT2D eigenvalue weighted by Crippen LogP contribution is -2.31. The number of likely N-dealkylation sites (tertiary alicyclic amines) is 1. The molecule has 4 nitrogen and oxygen atoms in total. The predicted octanol–water partition coefficient (Wildman–Crippen LogP) is 4.10. The minimum Gasteiger partial charge on any atom is -0.381 e. The summed E-state index contributed by atoms with van der Waals surface area (Å²) in [7, 11) is 0. The van der Waals surface area contributed by atoms with Crippen LogP contribution in [0.3, 0.4) is 0 Å². The van der Waals surface area contributed by atoms with Gasteiger partial charge in [-0.05, 0) is 67.3 Å². The highest BCUT2D eigenvalue weighted by Gasteiger charge is 2.27. The number of aryl methyl sites for hydroxylation is 2. The molecule has 27 heavy (non-hydrogen) atoms. The summed E-state index contributed by atoms with van der Waals surface area (Å²) in [5, 5.41) is 0. The van der Waals surface area contributed by atoms with Gasteiger partial charge in [-0.1, -0.05) is 18.2 Å². The second-order valence-electron chi connectivity index (χ2n) is 7.88. The Kier molecular flexibility index (Phi) is 5.35. The smallest absolute Gasteiger partial charge is 0.264 e. The lowest BCUT2D eigenvalue weighted by atomic mass is 9.89. The van der Waals surface area contributed by atoms with Crippen molar-refractivity contribution in [2.45, 2.75) is 45.1 Å². The first kappa shape index (κ1) is 18.7. The summed E-state index contributed by atoms with van der Waals surface area (Å²) >= 11 is 1.61. The van der Waals surface area contributed by atoms with Gasteiger partial charge in [-0.15, -0.1) is 11.3 Å². The second kappa shape index (κ2) is 7.74. The summed E-state index contributed by atoms with van der Waals surface area (Å²) in [6, 6.07) is 9.08. The van der Waals surface area contributed by atoms with Crippen molar-refractivity contribution in [2.24, 2.45) is 5.73 Å². The summed E-state index contributed by atoms with van der Waals surface area (Å²) < 4.78 is 5.49. The lowest BCUT2D eigenvalue weighted by molar-refractivity contribution is 0.0795.